The molecule has 0 rings (SSSR count). The molecule has 0 bridgehead atoms. The molecule has 0 aliphatic rings. The highest BCUT2D eigenvalue weighted by molar-refractivity contribution is 7.79. The fourth-order valence-electron chi connectivity index (χ4n) is 0.750. The van der Waals surface area contributed by atoms with Crippen LogP contribution in [0.4, 0.5) is 0 Å². The van der Waals surface area contributed by atoms with Crippen molar-refractivity contribution >= 4 is 10.4 Å². The first-order valence-electron chi connectivity index (χ1n) is 4.17. The number of hydrogen-bond donors (Lipinski definition) is 3. The van der Waals surface area contributed by atoms with Gasteiger partial charge >= 0.3 is 10.4 Å². The maximum absolute atomic E-state index is 8.74. The van der Waals surface area contributed by atoms with Crippen molar-refractivity contribution in [1.29, 1.82) is 0 Å². The smallest absolute Gasteiger partial charge is 0.325 e. The Balaban J connectivity index is 0. The molecule has 5 nitrogen and oxygen atoms in total. The SMILES string of the molecule is CCC(N)(CC)CC.O=S(=O)(O)O. The molecular formula is C7H19NO4S. The van der Waals surface area contributed by atoms with Gasteiger partial charge in [-0.25, -0.2) is 0 Å². The van der Waals surface area contributed by atoms with E-state index in [1.54, 1.807) is 0 Å². The molecule has 13 heavy (non-hydrogen) atoms. The lowest BCUT2D eigenvalue weighted by molar-refractivity contribution is 0.380. The zero-order valence-corrected chi connectivity index (χ0v) is 9.13. The number of nitrogens with two attached hydrogens (primary N) is 1. The second kappa shape index (κ2) is 6.31. The molecule has 0 aliphatic heterocycles. The predicted molar refractivity (Wildman–Crippen MR) is 52.0 cm³/mol. The topological polar surface area (TPSA) is 101 Å². The van der Waals surface area contributed by atoms with Gasteiger partial charge in [0.1, 0.15) is 0 Å². The zero-order chi connectivity index (χ0) is 11.1. The average molecular weight is 213 g/mol. The first kappa shape index (κ1) is 15.3. The van der Waals surface area contributed by atoms with Crippen LogP contribution in [-0.4, -0.2) is 23.1 Å². The molecule has 0 saturated heterocycles. The van der Waals surface area contributed by atoms with Crippen molar-refractivity contribution in [2.45, 2.75) is 45.6 Å². The lowest BCUT2D eigenvalue weighted by Crippen LogP contribution is -2.37. The van der Waals surface area contributed by atoms with E-state index in [-0.39, 0.29) is 5.54 Å². The first-order chi connectivity index (χ1) is 5.68. The molecule has 82 valence electrons. The Hall–Kier alpha value is -0.170. The van der Waals surface area contributed by atoms with Crippen molar-refractivity contribution < 1.29 is 17.5 Å². The summed E-state index contributed by atoms with van der Waals surface area (Å²) in [5.74, 6) is 0. The lowest BCUT2D eigenvalue weighted by atomic mass is 9.92. The lowest BCUT2D eigenvalue weighted by Gasteiger charge is -2.23. The Kier molecular flexibility index (Phi) is 7.43. The van der Waals surface area contributed by atoms with E-state index in [1.807, 2.05) is 0 Å². The minimum absolute atomic E-state index is 0.125. The van der Waals surface area contributed by atoms with E-state index in [9.17, 15) is 0 Å². The van der Waals surface area contributed by atoms with Gasteiger partial charge in [0.15, 0.2) is 0 Å². The fourth-order valence-corrected chi connectivity index (χ4v) is 0.750. The van der Waals surface area contributed by atoms with Crippen LogP contribution in [-0.2, 0) is 10.4 Å². The van der Waals surface area contributed by atoms with Crippen LogP contribution in [0.2, 0.25) is 0 Å². The van der Waals surface area contributed by atoms with Gasteiger partial charge in [0.25, 0.3) is 0 Å². The van der Waals surface area contributed by atoms with Crippen molar-refractivity contribution in [1.82, 2.24) is 0 Å². The van der Waals surface area contributed by atoms with E-state index in [4.69, 9.17) is 23.3 Å². The van der Waals surface area contributed by atoms with Crippen LogP contribution in [0.1, 0.15) is 40.0 Å². The van der Waals surface area contributed by atoms with Gasteiger partial charge in [-0.05, 0) is 19.3 Å². The van der Waals surface area contributed by atoms with Gasteiger partial charge in [0, 0.05) is 5.54 Å². The third-order valence-electron chi connectivity index (χ3n) is 2.11. The van der Waals surface area contributed by atoms with E-state index in [1.165, 1.54) is 0 Å². The van der Waals surface area contributed by atoms with Gasteiger partial charge in [-0.2, -0.15) is 8.42 Å². The Morgan fingerprint density at radius 3 is 1.23 bits per heavy atom. The molecule has 0 saturated carbocycles. The molecule has 0 fully saturated rings. The monoisotopic (exact) mass is 213 g/mol. The van der Waals surface area contributed by atoms with E-state index in [2.05, 4.69) is 20.8 Å². The van der Waals surface area contributed by atoms with Crippen LogP contribution in [0, 0.1) is 0 Å². The summed E-state index contributed by atoms with van der Waals surface area (Å²) in [6.07, 6.45) is 3.29. The van der Waals surface area contributed by atoms with Crippen LogP contribution < -0.4 is 5.73 Å². The largest absolute Gasteiger partial charge is 0.394 e. The van der Waals surface area contributed by atoms with Crippen LogP contribution in [0.15, 0.2) is 0 Å². The highest BCUT2D eigenvalue weighted by Gasteiger charge is 2.15. The molecule has 0 atom stereocenters. The minimum atomic E-state index is -4.67. The summed E-state index contributed by atoms with van der Waals surface area (Å²) in [4.78, 5) is 0. The summed E-state index contributed by atoms with van der Waals surface area (Å²) in [6.45, 7) is 6.44. The summed E-state index contributed by atoms with van der Waals surface area (Å²) in [6, 6.07) is 0. The van der Waals surface area contributed by atoms with Crippen LogP contribution >= 0.6 is 0 Å². The standard InChI is InChI=1S/C7H17N.H2O4S/c1-4-7(8,5-2)6-3;1-5(2,3)4/h4-6,8H2,1-3H3;(H2,1,2,3,4). The first-order valence-corrected chi connectivity index (χ1v) is 5.57. The third-order valence-corrected chi connectivity index (χ3v) is 2.11. The van der Waals surface area contributed by atoms with Gasteiger partial charge in [-0.1, -0.05) is 20.8 Å². The van der Waals surface area contributed by atoms with Crippen LogP contribution in [0.3, 0.4) is 0 Å². The number of hydrogen-bond acceptors (Lipinski definition) is 3. The molecule has 0 heterocycles. The van der Waals surface area contributed by atoms with Gasteiger partial charge in [-0.3, -0.25) is 9.11 Å². The van der Waals surface area contributed by atoms with Gasteiger partial charge in [0.05, 0.1) is 0 Å². The second-order valence-corrected chi connectivity index (χ2v) is 3.77. The van der Waals surface area contributed by atoms with Gasteiger partial charge < -0.3 is 5.73 Å². The fraction of sp³-hybridized carbons (Fsp3) is 1.00. The zero-order valence-electron chi connectivity index (χ0n) is 8.32. The van der Waals surface area contributed by atoms with E-state index < -0.39 is 10.4 Å². The van der Waals surface area contributed by atoms with Crippen molar-refractivity contribution in [3.05, 3.63) is 0 Å². The third kappa shape index (κ3) is 14.7. The summed E-state index contributed by atoms with van der Waals surface area (Å²) in [5.41, 5.74) is 6.02. The molecule has 0 aromatic carbocycles. The molecule has 0 radical (unpaired) electrons. The van der Waals surface area contributed by atoms with Gasteiger partial charge in [-0.15, -0.1) is 0 Å². The Labute approximate surface area is 79.9 Å². The van der Waals surface area contributed by atoms with Crippen molar-refractivity contribution in [2.75, 3.05) is 0 Å². The second-order valence-electron chi connectivity index (χ2n) is 2.87. The Morgan fingerprint density at radius 1 is 1.08 bits per heavy atom. The average Bonchev–Trinajstić information content (AvgIpc) is 2.00. The van der Waals surface area contributed by atoms with Gasteiger partial charge in [0.2, 0.25) is 0 Å². The molecule has 0 aliphatic carbocycles. The highest BCUT2D eigenvalue weighted by Crippen LogP contribution is 2.14. The Bertz CT molecular complexity index is 192. The molecule has 4 N–H and O–H groups in total. The molecule has 0 spiro atoms. The molecule has 6 heteroatoms. The van der Waals surface area contributed by atoms with Crippen molar-refractivity contribution in [3.63, 3.8) is 0 Å². The molecule has 0 aromatic heterocycles. The van der Waals surface area contributed by atoms with Crippen molar-refractivity contribution in [3.8, 4) is 0 Å². The van der Waals surface area contributed by atoms with Crippen LogP contribution in [0.5, 0.6) is 0 Å². The number of rotatable bonds is 3. The summed E-state index contributed by atoms with van der Waals surface area (Å²) in [7, 11) is -4.67. The molecule has 0 amide bonds. The maximum atomic E-state index is 8.74. The molecule has 0 unspecified atom stereocenters. The quantitative estimate of drug-likeness (QED) is 0.613. The summed E-state index contributed by atoms with van der Waals surface area (Å²) in [5, 5.41) is 0. The normalized spacial score (nSPS) is 11.8. The minimum Gasteiger partial charge on any atom is -0.325 e. The van der Waals surface area contributed by atoms with E-state index >= 15 is 0 Å². The Morgan fingerprint density at radius 2 is 1.23 bits per heavy atom. The highest BCUT2D eigenvalue weighted by atomic mass is 32.3. The maximum Gasteiger partial charge on any atom is 0.394 e. The summed E-state index contributed by atoms with van der Waals surface area (Å²) >= 11 is 0. The van der Waals surface area contributed by atoms with E-state index in [0.717, 1.165) is 19.3 Å². The van der Waals surface area contributed by atoms with Crippen molar-refractivity contribution in [2.24, 2.45) is 5.73 Å². The molecular weight excluding hydrogens is 194 g/mol. The van der Waals surface area contributed by atoms with Crippen LogP contribution in [0.25, 0.3) is 0 Å². The van der Waals surface area contributed by atoms with E-state index in [0.29, 0.717) is 0 Å². The molecule has 0 aromatic rings. The predicted octanol–water partition coefficient (Wildman–Crippen LogP) is 1.26. The summed E-state index contributed by atoms with van der Waals surface area (Å²) < 4.78 is 31.6.